The summed E-state index contributed by atoms with van der Waals surface area (Å²) in [6.07, 6.45) is 1.62. The molecule has 2 N–H and O–H groups in total. The second-order valence-corrected chi connectivity index (χ2v) is 9.86. The predicted octanol–water partition coefficient (Wildman–Crippen LogP) is 2.62. The molecule has 2 aromatic rings. The highest BCUT2D eigenvalue weighted by atomic mass is 32.2. The van der Waals surface area contributed by atoms with Crippen LogP contribution in [-0.4, -0.2) is 57.4 Å². The molecule has 34 heavy (non-hydrogen) atoms. The molecular weight excluding hydrogens is 462 g/mol. The van der Waals surface area contributed by atoms with Crippen LogP contribution in [0.15, 0.2) is 53.4 Å². The number of hydrogen-bond acceptors (Lipinski definition) is 7. The molecule has 182 valence electrons. The van der Waals surface area contributed by atoms with Gasteiger partial charge >= 0.3 is 12.0 Å². The van der Waals surface area contributed by atoms with Crippen molar-refractivity contribution in [1.82, 2.24) is 9.62 Å². The van der Waals surface area contributed by atoms with E-state index >= 15 is 0 Å². The number of carbonyl (C=O) groups excluding carboxylic acids is 3. The minimum absolute atomic E-state index is 0.0849. The molecule has 2 aromatic carbocycles. The number of methoxy groups -OCH3 is 1. The van der Waals surface area contributed by atoms with Crippen LogP contribution in [0.1, 0.15) is 30.1 Å². The van der Waals surface area contributed by atoms with Gasteiger partial charge in [0.2, 0.25) is 10.0 Å². The van der Waals surface area contributed by atoms with Gasteiger partial charge in [-0.2, -0.15) is 4.31 Å². The van der Waals surface area contributed by atoms with Gasteiger partial charge in [0.15, 0.2) is 6.61 Å². The standard InChI is InChI=1S/C23H27N3O7S/c1-16-11-13-26(14-12-16)34(30,31)20-9-3-17(4-10-20)22(28)33-15-21(27)25-23(29)24-18-5-7-19(32-2)8-6-18/h3-10,16H,11-15H2,1-2H3,(H2,24,25,27,29). The largest absolute Gasteiger partial charge is 0.497 e. The Morgan fingerprint density at radius 3 is 2.21 bits per heavy atom. The van der Waals surface area contributed by atoms with Crippen molar-refractivity contribution in [3.63, 3.8) is 0 Å². The van der Waals surface area contributed by atoms with Gasteiger partial charge in [-0.25, -0.2) is 18.0 Å². The van der Waals surface area contributed by atoms with E-state index in [1.165, 1.54) is 35.7 Å². The van der Waals surface area contributed by atoms with Crippen LogP contribution in [0, 0.1) is 5.92 Å². The Bertz CT molecular complexity index is 1120. The number of benzene rings is 2. The summed E-state index contributed by atoms with van der Waals surface area (Å²) in [4.78, 5) is 36.1. The van der Waals surface area contributed by atoms with E-state index in [4.69, 9.17) is 9.47 Å². The Balaban J connectivity index is 1.48. The minimum atomic E-state index is -3.63. The highest BCUT2D eigenvalue weighted by Gasteiger charge is 2.28. The van der Waals surface area contributed by atoms with Crippen molar-refractivity contribution in [3.8, 4) is 5.75 Å². The topological polar surface area (TPSA) is 131 Å². The zero-order chi connectivity index (χ0) is 24.7. The monoisotopic (exact) mass is 489 g/mol. The van der Waals surface area contributed by atoms with E-state index in [-0.39, 0.29) is 10.5 Å². The van der Waals surface area contributed by atoms with Crippen LogP contribution >= 0.6 is 0 Å². The van der Waals surface area contributed by atoms with Crippen molar-refractivity contribution >= 4 is 33.6 Å². The molecule has 0 atom stereocenters. The van der Waals surface area contributed by atoms with E-state index in [0.29, 0.717) is 30.4 Å². The number of piperidine rings is 1. The Morgan fingerprint density at radius 1 is 1.00 bits per heavy atom. The van der Waals surface area contributed by atoms with Gasteiger partial charge in [0.1, 0.15) is 5.75 Å². The van der Waals surface area contributed by atoms with Crippen molar-refractivity contribution in [3.05, 3.63) is 54.1 Å². The summed E-state index contributed by atoms with van der Waals surface area (Å²) in [7, 11) is -2.12. The van der Waals surface area contributed by atoms with Crippen LogP contribution < -0.4 is 15.4 Å². The molecule has 1 aliphatic heterocycles. The first-order valence-corrected chi connectivity index (χ1v) is 12.2. The quantitative estimate of drug-likeness (QED) is 0.572. The van der Waals surface area contributed by atoms with Gasteiger partial charge in [-0.05, 0) is 67.3 Å². The van der Waals surface area contributed by atoms with Crippen molar-refractivity contribution < 1.29 is 32.3 Å². The normalized spacial score (nSPS) is 14.8. The number of esters is 1. The Morgan fingerprint density at radius 2 is 1.62 bits per heavy atom. The lowest BCUT2D eigenvalue weighted by molar-refractivity contribution is -0.123. The molecule has 0 bridgehead atoms. The lowest BCUT2D eigenvalue weighted by Crippen LogP contribution is -2.37. The molecule has 1 saturated heterocycles. The molecule has 0 unspecified atom stereocenters. The second-order valence-electron chi connectivity index (χ2n) is 7.92. The van der Waals surface area contributed by atoms with Crippen LogP contribution in [0.3, 0.4) is 0 Å². The average molecular weight is 490 g/mol. The molecule has 1 heterocycles. The molecule has 0 aromatic heterocycles. The summed E-state index contributed by atoms with van der Waals surface area (Å²) in [6, 6.07) is 11.0. The summed E-state index contributed by atoms with van der Waals surface area (Å²) in [5.74, 6) is -0.533. The predicted molar refractivity (Wildman–Crippen MR) is 124 cm³/mol. The zero-order valence-electron chi connectivity index (χ0n) is 18.9. The Labute approximate surface area is 198 Å². The van der Waals surface area contributed by atoms with E-state index < -0.39 is 34.5 Å². The first-order chi connectivity index (χ1) is 16.2. The number of imide groups is 1. The van der Waals surface area contributed by atoms with E-state index in [9.17, 15) is 22.8 Å². The van der Waals surface area contributed by atoms with Crippen LogP contribution in [-0.2, 0) is 19.6 Å². The minimum Gasteiger partial charge on any atom is -0.497 e. The fourth-order valence-corrected chi connectivity index (χ4v) is 4.82. The molecule has 1 aliphatic rings. The molecular formula is C23H27N3O7S. The third-order valence-electron chi connectivity index (χ3n) is 5.41. The lowest BCUT2D eigenvalue weighted by atomic mass is 10.0. The molecule has 0 saturated carbocycles. The smallest absolute Gasteiger partial charge is 0.338 e. The average Bonchev–Trinajstić information content (AvgIpc) is 2.83. The van der Waals surface area contributed by atoms with Gasteiger partial charge in [0.25, 0.3) is 5.91 Å². The third-order valence-corrected chi connectivity index (χ3v) is 7.32. The summed E-state index contributed by atoms with van der Waals surface area (Å²) >= 11 is 0. The number of carbonyl (C=O) groups is 3. The van der Waals surface area contributed by atoms with Crippen LogP contribution in [0.25, 0.3) is 0 Å². The van der Waals surface area contributed by atoms with Crippen LogP contribution in [0.2, 0.25) is 0 Å². The molecule has 3 amide bonds. The molecule has 0 spiro atoms. The molecule has 0 radical (unpaired) electrons. The lowest BCUT2D eigenvalue weighted by Gasteiger charge is -2.29. The van der Waals surface area contributed by atoms with Crippen molar-refractivity contribution in [2.24, 2.45) is 5.92 Å². The number of sulfonamides is 1. The molecule has 3 rings (SSSR count). The van der Waals surface area contributed by atoms with Crippen LogP contribution in [0.5, 0.6) is 5.75 Å². The maximum absolute atomic E-state index is 12.8. The van der Waals surface area contributed by atoms with Gasteiger partial charge < -0.3 is 14.8 Å². The maximum Gasteiger partial charge on any atom is 0.338 e. The van der Waals surface area contributed by atoms with Crippen molar-refractivity contribution in [2.45, 2.75) is 24.7 Å². The SMILES string of the molecule is COc1ccc(NC(=O)NC(=O)COC(=O)c2ccc(S(=O)(=O)N3CCC(C)CC3)cc2)cc1. The summed E-state index contributed by atoms with van der Waals surface area (Å²) in [6.45, 7) is 2.35. The number of rotatable bonds is 7. The highest BCUT2D eigenvalue weighted by molar-refractivity contribution is 7.89. The first-order valence-electron chi connectivity index (χ1n) is 10.7. The Kier molecular flexibility index (Phi) is 8.24. The number of ether oxygens (including phenoxy) is 2. The van der Waals surface area contributed by atoms with Crippen molar-refractivity contribution in [1.29, 1.82) is 0 Å². The summed E-state index contributed by atoms with van der Waals surface area (Å²) in [5, 5.41) is 4.52. The number of anilines is 1. The number of urea groups is 1. The van der Waals surface area contributed by atoms with E-state index in [1.807, 2.05) is 5.32 Å². The van der Waals surface area contributed by atoms with Gasteiger partial charge in [-0.15, -0.1) is 0 Å². The van der Waals surface area contributed by atoms with E-state index in [1.54, 1.807) is 24.3 Å². The summed E-state index contributed by atoms with van der Waals surface area (Å²) in [5.41, 5.74) is 0.527. The molecule has 0 aliphatic carbocycles. The van der Waals surface area contributed by atoms with E-state index in [0.717, 1.165) is 12.8 Å². The summed E-state index contributed by atoms with van der Waals surface area (Å²) < 4.78 is 36.9. The number of hydrogen-bond donors (Lipinski definition) is 2. The van der Waals surface area contributed by atoms with Gasteiger partial charge in [-0.1, -0.05) is 6.92 Å². The third kappa shape index (κ3) is 6.55. The van der Waals surface area contributed by atoms with Gasteiger partial charge in [0, 0.05) is 18.8 Å². The number of amides is 3. The second kappa shape index (κ2) is 11.1. The van der Waals surface area contributed by atoms with Crippen molar-refractivity contribution in [2.75, 3.05) is 32.1 Å². The highest BCUT2D eigenvalue weighted by Crippen LogP contribution is 2.23. The molecule has 10 nitrogen and oxygen atoms in total. The van der Waals surface area contributed by atoms with E-state index in [2.05, 4.69) is 12.2 Å². The van der Waals surface area contributed by atoms with Crippen LogP contribution in [0.4, 0.5) is 10.5 Å². The molecule has 1 fully saturated rings. The van der Waals surface area contributed by atoms with Gasteiger partial charge in [0.05, 0.1) is 17.6 Å². The fourth-order valence-electron chi connectivity index (χ4n) is 3.35. The maximum atomic E-state index is 12.8. The fraction of sp³-hybridized carbons (Fsp3) is 0.348. The first kappa shape index (κ1) is 25.2. The molecule has 11 heteroatoms. The number of nitrogens with zero attached hydrogens (tertiary/aromatic N) is 1. The van der Waals surface area contributed by atoms with Gasteiger partial charge in [-0.3, -0.25) is 10.1 Å². The Hall–Kier alpha value is -3.44. The zero-order valence-corrected chi connectivity index (χ0v) is 19.8. The number of nitrogens with one attached hydrogen (secondary N) is 2.